The fourth-order valence-corrected chi connectivity index (χ4v) is 2.08. The van der Waals surface area contributed by atoms with Crippen LogP contribution in [0.25, 0.3) is 0 Å². The van der Waals surface area contributed by atoms with Gasteiger partial charge < -0.3 is 14.3 Å². The minimum atomic E-state index is -4.12. The molecule has 17 heavy (non-hydrogen) atoms. The number of likely N-dealkylation sites (N-methyl/N-ethyl adjacent to an activating group) is 1. The molecular formula is C10H24NO5S+. The number of quaternary nitrogens is 1. The molecule has 2 N–H and O–H groups in total. The van der Waals surface area contributed by atoms with Crippen molar-refractivity contribution < 1.29 is 27.3 Å². The summed E-state index contributed by atoms with van der Waals surface area (Å²) in [6.45, 7) is 5.34. The fraction of sp³-hybridized carbons (Fsp3) is 1.00. The maximum atomic E-state index is 10.6. The van der Waals surface area contributed by atoms with Crippen LogP contribution in [-0.4, -0.2) is 74.3 Å². The minimum Gasteiger partial charge on any atom is -0.386 e. The monoisotopic (exact) mass is 270 g/mol. The third-order valence-corrected chi connectivity index (χ3v) is 3.06. The molecule has 0 radical (unpaired) electrons. The van der Waals surface area contributed by atoms with E-state index in [1.807, 2.05) is 27.9 Å². The predicted octanol–water partition coefficient (Wildman–Crippen LogP) is -0.263. The average molecular weight is 270 g/mol. The molecule has 0 spiro atoms. The van der Waals surface area contributed by atoms with E-state index in [-0.39, 0.29) is 12.6 Å². The van der Waals surface area contributed by atoms with Crippen molar-refractivity contribution in [1.82, 2.24) is 0 Å². The highest BCUT2D eigenvalue weighted by Gasteiger charge is 2.24. The van der Waals surface area contributed by atoms with Crippen LogP contribution < -0.4 is 0 Å². The predicted molar refractivity (Wildman–Crippen MR) is 65.4 cm³/mol. The molecule has 0 amide bonds. The first-order valence-electron chi connectivity index (χ1n) is 5.59. The molecule has 0 rings (SSSR count). The molecule has 1 unspecified atom stereocenters. The van der Waals surface area contributed by atoms with Crippen LogP contribution in [0.4, 0.5) is 0 Å². The molecule has 0 heterocycles. The van der Waals surface area contributed by atoms with Gasteiger partial charge in [0.05, 0.1) is 26.8 Å². The van der Waals surface area contributed by atoms with E-state index in [1.165, 1.54) is 0 Å². The summed E-state index contributed by atoms with van der Waals surface area (Å²) in [6, 6.07) is 0. The van der Waals surface area contributed by atoms with Gasteiger partial charge in [0, 0.05) is 0 Å². The SMILES string of the molecule is CC(C)OCC[N+](C)(C)CC(O)CS(=O)(=O)O. The van der Waals surface area contributed by atoms with E-state index in [9.17, 15) is 13.5 Å². The van der Waals surface area contributed by atoms with E-state index in [0.717, 1.165) is 0 Å². The van der Waals surface area contributed by atoms with Gasteiger partial charge >= 0.3 is 0 Å². The van der Waals surface area contributed by atoms with Crippen molar-refractivity contribution in [3.8, 4) is 0 Å². The van der Waals surface area contributed by atoms with Gasteiger partial charge in [-0.25, -0.2) is 0 Å². The van der Waals surface area contributed by atoms with Gasteiger partial charge in [-0.3, -0.25) is 4.55 Å². The van der Waals surface area contributed by atoms with Crippen molar-refractivity contribution in [2.24, 2.45) is 0 Å². The summed E-state index contributed by atoms with van der Waals surface area (Å²) in [4.78, 5) is 0. The van der Waals surface area contributed by atoms with Crippen LogP contribution in [0, 0.1) is 0 Å². The Labute approximate surface area is 104 Å². The van der Waals surface area contributed by atoms with E-state index in [2.05, 4.69) is 0 Å². The summed E-state index contributed by atoms with van der Waals surface area (Å²) in [5.74, 6) is -0.625. The summed E-state index contributed by atoms with van der Waals surface area (Å²) < 4.78 is 35.6. The second-order valence-corrected chi connectivity index (χ2v) is 6.66. The van der Waals surface area contributed by atoms with Crippen LogP contribution in [-0.2, 0) is 14.9 Å². The third-order valence-electron chi connectivity index (χ3n) is 2.26. The standard InChI is InChI=1S/C10H23NO5S/c1-9(2)16-6-5-11(3,4)7-10(12)8-17(13,14)15/h9-10,12H,5-8H2,1-4H3/p+1. The normalized spacial score (nSPS) is 15.2. The quantitative estimate of drug-likeness (QED) is 0.469. The molecule has 6 nitrogen and oxygen atoms in total. The van der Waals surface area contributed by atoms with Crippen molar-refractivity contribution in [2.75, 3.05) is 39.5 Å². The molecule has 104 valence electrons. The summed E-state index contributed by atoms with van der Waals surface area (Å²) in [5.41, 5.74) is 0. The maximum absolute atomic E-state index is 10.6. The molecule has 0 aromatic heterocycles. The Morgan fingerprint density at radius 1 is 1.29 bits per heavy atom. The largest absolute Gasteiger partial charge is 0.386 e. The van der Waals surface area contributed by atoms with Gasteiger partial charge in [-0.15, -0.1) is 0 Å². The Hall–Kier alpha value is -0.210. The number of aliphatic hydroxyl groups is 1. The zero-order valence-corrected chi connectivity index (χ0v) is 11.8. The first-order chi connectivity index (χ1) is 7.52. The first kappa shape index (κ1) is 16.8. The average Bonchev–Trinajstić information content (AvgIpc) is 1.96. The maximum Gasteiger partial charge on any atom is 0.267 e. The van der Waals surface area contributed by atoms with Gasteiger partial charge in [-0.1, -0.05) is 0 Å². The van der Waals surface area contributed by atoms with Crippen LogP contribution in [0.15, 0.2) is 0 Å². The Bertz CT molecular complexity index is 313. The molecule has 0 aliphatic carbocycles. The molecule has 0 saturated carbocycles. The number of aliphatic hydroxyl groups excluding tert-OH is 1. The van der Waals surface area contributed by atoms with Gasteiger partial charge in [-0.2, -0.15) is 8.42 Å². The summed E-state index contributed by atoms with van der Waals surface area (Å²) >= 11 is 0. The summed E-state index contributed by atoms with van der Waals surface area (Å²) in [5, 5.41) is 9.53. The van der Waals surface area contributed by atoms with Gasteiger partial charge in [-0.05, 0) is 13.8 Å². The Morgan fingerprint density at radius 2 is 1.82 bits per heavy atom. The minimum absolute atomic E-state index is 0.151. The van der Waals surface area contributed by atoms with Gasteiger partial charge in [0.1, 0.15) is 24.9 Å². The summed E-state index contributed by atoms with van der Waals surface area (Å²) in [6.07, 6.45) is -0.920. The molecule has 7 heteroatoms. The molecule has 0 fully saturated rings. The fourth-order valence-electron chi connectivity index (χ4n) is 1.49. The number of rotatable bonds is 8. The van der Waals surface area contributed by atoms with E-state index in [1.54, 1.807) is 0 Å². The van der Waals surface area contributed by atoms with Crippen molar-refractivity contribution in [3.63, 3.8) is 0 Å². The molecule has 0 aromatic carbocycles. The highest BCUT2D eigenvalue weighted by atomic mass is 32.2. The summed E-state index contributed by atoms with van der Waals surface area (Å²) in [7, 11) is -0.377. The molecular weight excluding hydrogens is 246 g/mol. The van der Waals surface area contributed by atoms with Crippen molar-refractivity contribution in [1.29, 1.82) is 0 Å². The lowest BCUT2D eigenvalue weighted by Crippen LogP contribution is -2.49. The van der Waals surface area contributed by atoms with Crippen LogP contribution >= 0.6 is 0 Å². The lowest BCUT2D eigenvalue weighted by Gasteiger charge is -2.31. The number of hydrogen-bond acceptors (Lipinski definition) is 4. The number of hydrogen-bond donors (Lipinski definition) is 2. The van der Waals surface area contributed by atoms with Gasteiger partial charge in [0.25, 0.3) is 10.1 Å². The topological polar surface area (TPSA) is 83.8 Å². The lowest BCUT2D eigenvalue weighted by molar-refractivity contribution is -0.893. The van der Waals surface area contributed by atoms with Crippen LogP contribution in [0.1, 0.15) is 13.8 Å². The Kier molecular flexibility index (Phi) is 6.57. The van der Waals surface area contributed by atoms with E-state index < -0.39 is 22.0 Å². The number of ether oxygens (including phenoxy) is 1. The second kappa shape index (κ2) is 6.65. The van der Waals surface area contributed by atoms with Gasteiger partial charge in [0.15, 0.2) is 0 Å². The van der Waals surface area contributed by atoms with Gasteiger partial charge in [0.2, 0.25) is 0 Å². The number of nitrogens with zero attached hydrogens (tertiary/aromatic N) is 1. The van der Waals surface area contributed by atoms with Crippen molar-refractivity contribution >= 4 is 10.1 Å². The molecule has 0 saturated heterocycles. The Morgan fingerprint density at radius 3 is 2.24 bits per heavy atom. The van der Waals surface area contributed by atoms with Crippen LogP contribution in [0.2, 0.25) is 0 Å². The molecule has 1 atom stereocenters. The van der Waals surface area contributed by atoms with Crippen molar-refractivity contribution in [3.05, 3.63) is 0 Å². The first-order valence-corrected chi connectivity index (χ1v) is 7.19. The molecule has 0 aliphatic rings. The van der Waals surface area contributed by atoms with Crippen molar-refractivity contribution in [2.45, 2.75) is 26.1 Å². The molecule has 0 aromatic rings. The third kappa shape index (κ3) is 10.7. The Balaban J connectivity index is 4.07. The lowest BCUT2D eigenvalue weighted by atomic mass is 10.3. The zero-order chi connectivity index (χ0) is 13.7. The molecule has 0 aliphatic heterocycles. The second-order valence-electron chi connectivity index (χ2n) is 5.16. The van der Waals surface area contributed by atoms with E-state index in [4.69, 9.17) is 9.29 Å². The van der Waals surface area contributed by atoms with Crippen LogP contribution in [0.5, 0.6) is 0 Å². The van der Waals surface area contributed by atoms with Crippen LogP contribution in [0.3, 0.4) is 0 Å². The zero-order valence-electron chi connectivity index (χ0n) is 11.0. The smallest absolute Gasteiger partial charge is 0.267 e. The van der Waals surface area contributed by atoms with E-state index >= 15 is 0 Å². The molecule has 0 bridgehead atoms. The highest BCUT2D eigenvalue weighted by molar-refractivity contribution is 7.85. The van der Waals surface area contributed by atoms with E-state index in [0.29, 0.717) is 17.6 Å². The highest BCUT2D eigenvalue weighted by Crippen LogP contribution is 2.03.